The van der Waals surface area contributed by atoms with Crippen LogP contribution in [0, 0.1) is 11.8 Å². The third-order valence-electron chi connectivity index (χ3n) is 5.46. The highest BCUT2D eigenvalue weighted by Gasteiger charge is 2.35. The smallest absolute Gasteiger partial charge is 0.143 e. The van der Waals surface area contributed by atoms with E-state index >= 15 is 0 Å². The molecule has 0 N–H and O–H groups in total. The van der Waals surface area contributed by atoms with Crippen LogP contribution in [0.2, 0.25) is 0 Å². The van der Waals surface area contributed by atoms with E-state index in [1.807, 2.05) is 18.2 Å². The van der Waals surface area contributed by atoms with Crippen LogP contribution in [-0.4, -0.2) is 18.9 Å². The third-order valence-corrected chi connectivity index (χ3v) is 5.46. The molecule has 2 atom stereocenters. The van der Waals surface area contributed by atoms with E-state index in [-0.39, 0.29) is 11.8 Å². The second kappa shape index (κ2) is 8.22. The number of rotatable bonds is 5. The predicted molar refractivity (Wildman–Crippen MR) is 111 cm³/mol. The lowest BCUT2D eigenvalue weighted by molar-refractivity contribution is -0.127. The zero-order valence-corrected chi connectivity index (χ0v) is 15.5. The Balaban J connectivity index is 1.58. The SMILES string of the molecule is O=C1[C@H](Cc2ccccc2)CN(c2ccccc2)C[C@@H]1Cc1ccccc1. The first-order chi connectivity index (χ1) is 13.3. The molecule has 0 aliphatic carbocycles. The summed E-state index contributed by atoms with van der Waals surface area (Å²) in [5, 5.41) is 0. The Kier molecular flexibility index (Phi) is 5.34. The van der Waals surface area contributed by atoms with E-state index in [2.05, 4.69) is 77.7 Å². The van der Waals surface area contributed by atoms with Crippen molar-refractivity contribution >= 4 is 11.5 Å². The van der Waals surface area contributed by atoms with Crippen molar-refractivity contribution in [3.8, 4) is 0 Å². The van der Waals surface area contributed by atoms with Gasteiger partial charge in [0.15, 0.2) is 0 Å². The fraction of sp³-hybridized carbons (Fsp3) is 0.240. The summed E-state index contributed by atoms with van der Waals surface area (Å²) in [6.07, 6.45) is 1.63. The van der Waals surface area contributed by atoms with Crippen LogP contribution in [0.25, 0.3) is 0 Å². The Morgan fingerprint density at radius 1 is 0.630 bits per heavy atom. The minimum Gasteiger partial charge on any atom is -0.370 e. The number of carbonyl (C=O) groups is 1. The van der Waals surface area contributed by atoms with Gasteiger partial charge in [0, 0.05) is 30.6 Å². The molecule has 1 fully saturated rings. The number of para-hydroxylation sites is 1. The monoisotopic (exact) mass is 355 g/mol. The molecule has 2 nitrogen and oxygen atoms in total. The van der Waals surface area contributed by atoms with Gasteiger partial charge in [-0.25, -0.2) is 0 Å². The standard InChI is InChI=1S/C25H25NO/c27-25-22(16-20-10-4-1-5-11-20)18-26(24-14-8-3-9-15-24)19-23(25)17-21-12-6-2-7-13-21/h1-15,22-23H,16-19H2/t22-,23+. The summed E-state index contributed by atoms with van der Waals surface area (Å²) in [4.78, 5) is 15.7. The number of nitrogens with zero attached hydrogens (tertiary/aromatic N) is 1. The number of benzene rings is 3. The largest absolute Gasteiger partial charge is 0.370 e. The van der Waals surface area contributed by atoms with Crippen LogP contribution in [0.15, 0.2) is 91.0 Å². The van der Waals surface area contributed by atoms with E-state index in [4.69, 9.17) is 0 Å². The van der Waals surface area contributed by atoms with Gasteiger partial charge in [0.25, 0.3) is 0 Å². The van der Waals surface area contributed by atoms with Gasteiger partial charge in [-0.05, 0) is 36.1 Å². The van der Waals surface area contributed by atoms with E-state index < -0.39 is 0 Å². The molecule has 0 radical (unpaired) electrons. The summed E-state index contributed by atoms with van der Waals surface area (Å²) in [6, 6.07) is 31.3. The summed E-state index contributed by atoms with van der Waals surface area (Å²) in [5.41, 5.74) is 3.69. The summed E-state index contributed by atoms with van der Waals surface area (Å²) in [7, 11) is 0. The highest BCUT2D eigenvalue weighted by Crippen LogP contribution is 2.28. The van der Waals surface area contributed by atoms with E-state index in [9.17, 15) is 4.79 Å². The van der Waals surface area contributed by atoms with Gasteiger partial charge in [-0.1, -0.05) is 78.9 Å². The number of hydrogen-bond acceptors (Lipinski definition) is 2. The van der Waals surface area contributed by atoms with Crippen LogP contribution in [0.3, 0.4) is 0 Å². The Hall–Kier alpha value is -2.87. The first kappa shape index (κ1) is 17.5. The van der Waals surface area contributed by atoms with Crippen LogP contribution < -0.4 is 4.90 Å². The summed E-state index contributed by atoms with van der Waals surface area (Å²) >= 11 is 0. The Morgan fingerprint density at radius 3 is 1.48 bits per heavy atom. The lowest BCUT2D eigenvalue weighted by Gasteiger charge is -2.38. The first-order valence-corrected chi connectivity index (χ1v) is 9.71. The Labute approximate surface area is 161 Å². The quantitative estimate of drug-likeness (QED) is 0.656. The van der Waals surface area contributed by atoms with Crippen LogP contribution >= 0.6 is 0 Å². The minimum absolute atomic E-state index is 0.0371. The van der Waals surface area contributed by atoms with Crippen molar-refractivity contribution < 1.29 is 4.79 Å². The van der Waals surface area contributed by atoms with Crippen molar-refractivity contribution in [1.82, 2.24) is 0 Å². The highest BCUT2D eigenvalue weighted by molar-refractivity contribution is 5.86. The van der Waals surface area contributed by atoms with Crippen molar-refractivity contribution in [2.24, 2.45) is 11.8 Å². The van der Waals surface area contributed by atoms with E-state index in [0.717, 1.165) is 25.9 Å². The molecule has 2 heteroatoms. The normalized spacial score (nSPS) is 19.9. The van der Waals surface area contributed by atoms with Gasteiger partial charge in [-0.2, -0.15) is 0 Å². The van der Waals surface area contributed by atoms with Crippen LogP contribution in [0.4, 0.5) is 5.69 Å². The van der Waals surface area contributed by atoms with Crippen molar-refractivity contribution in [2.45, 2.75) is 12.8 Å². The van der Waals surface area contributed by atoms with Gasteiger partial charge in [0.1, 0.15) is 5.78 Å². The average molecular weight is 355 g/mol. The fourth-order valence-electron chi connectivity index (χ4n) is 4.10. The number of piperidine rings is 1. The van der Waals surface area contributed by atoms with Crippen LogP contribution in [0.5, 0.6) is 0 Å². The van der Waals surface area contributed by atoms with Gasteiger partial charge in [-0.3, -0.25) is 4.79 Å². The molecule has 1 saturated heterocycles. The van der Waals surface area contributed by atoms with Crippen molar-refractivity contribution in [3.05, 3.63) is 102 Å². The molecule has 0 bridgehead atoms. The lowest BCUT2D eigenvalue weighted by Crippen LogP contribution is -2.48. The maximum atomic E-state index is 13.3. The molecule has 3 aromatic rings. The Bertz CT molecular complexity index is 807. The van der Waals surface area contributed by atoms with E-state index in [0.29, 0.717) is 5.78 Å². The molecule has 0 spiro atoms. The molecule has 0 aromatic heterocycles. The maximum Gasteiger partial charge on any atom is 0.143 e. The summed E-state index contributed by atoms with van der Waals surface area (Å²) in [5.74, 6) is 0.486. The molecule has 1 heterocycles. The van der Waals surface area contributed by atoms with Crippen LogP contribution in [0.1, 0.15) is 11.1 Å². The first-order valence-electron chi connectivity index (χ1n) is 9.71. The molecular formula is C25H25NO. The number of anilines is 1. The molecule has 3 aromatic carbocycles. The average Bonchev–Trinajstić information content (AvgIpc) is 2.73. The molecule has 0 unspecified atom stereocenters. The van der Waals surface area contributed by atoms with Crippen molar-refractivity contribution in [3.63, 3.8) is 0 Å². The van der Waals surface area contributed by atoms with Gasteiger partial charge in [0.05, 0.1) is 0 Å². The maximum absolute atomic E-state index is 13.3. The molecule has 0 amide bonds. The summed E-state index contributed by atoms with van der Waals surface area (Å²) < 4.78 is 0. The number of Topliss-reactive ketones (excluding diaryl/α,β-unsaturated/α-hetero) is 1. The molecule has 136 valence electrons. The predicted octanol–water partition coefficient (Wildman–Crippen LogP) is 4.79. The van der Waals surface area contributed by atoms with E-state index in [1.54, 1.807) is 0 Å². The lowest BCUT2D eigenvalue weighted by atomic mass is 9.81. The zero-order valence-electron chi connectivity index (χ0n) is 15.5. The number of carbonyl (C=O) groups excluding carboxylic acids is 1. The summed E-state index contributed by atoms with van der Waals surface area (Å²) in [6.45, 7) is 1.59. The van der Waals surface area contributed by atoms with Crippen molar-refractivity contribution in [1.29, 1.82) is 0 Å². The molecule has 0 saturated carbocycles. The number of ketones is 1. The zero-order chi connectivity index (χ0) is 18.5. The molecule has 1 aliphatic rings. The van der Waals surface area contributed by atoms with Gasteiger partial charge < -0.3 is 4.90 Å². The van der Waals surface area contributed by atoms with Gasteiger partial charge in [-0.15, -0.1) is 0 Å². The molecule has 27 heavy (non-hydrogen) atoms. The van der Waals surface area contributed by atoms with Gasteiger partial charge >= 0.3 is 0 Å². The van der Waals surface area contributed by atoms with Crippen LogP contribution in [-0.2, 0) is 17.6 Å². The Morgan fingerprint density at radius 2 is 1.04 bits per heavy atom. The van der Waals surface area contributed by atoms with Crippen molar-refractivity contribution in [2.75, 3.05) is 18.0 Å². The van der Waals surface area contributed by atoms with E-state index in [1.165, 1.54) is 16.8 Å². The second-order valence-electron chi connectivity index (χ2n) is 7.42. The molecule has 1 aliphatic heterocycles. The minimum atomic E-state index is 0.0371. The topological polar surface area (TPSA) is 20.3 Å². The molecular weight excluding hydrogens is 330 g/mol. The second-order valence-corrected chi connectivity index (χ2v) is 7.42. The fourth-order valence-corrected chi connectivity index (χ4v) is 4.10. The third kappa shape index (κ3) is 4.28. The highest BCUT2D eigenvalue weighted by atomic mass is 16.1. The molecule has 4 rings (SSSR count). The number of hydrogen-bond donors (Lipinski definition) is 0. The van der Waals surface area contributed by atoms with Gasteiger partial charge in [0.2, 0.25) is 0 Å².